The fraction of sp³-hybridized carbons (Fsp3) is 0.278. The van der Waals surface area contributed by atoms with E-state index in [2.05, 4.69) is 15.0 Å². The van der Waals surface area contributed by atoms with Gasteiger partial charge in [-0.1, -0.05) is 24.6 Å². The number of halogens is 1. The smallest absolute Gasteiger partial charge is 0.263 e. The zero-order chi connectivity index (χ0) is 20.1. The summed E-state index contributed by atoms with van der Waals surface area (Å²) in [7, 11) is 0. The molecule has 0 unspecified atom stereocenters. The molecule has 27 heavy (non-hydrogen) atoms. The number of aromatic nitrogens is 4. The second-order valence-corrected chi connectivity index (χ2v) is 6.32. The van der Waals surface area contributed by atoms with Crippen LogP contribution >= 0.6 is 11.6 Å². The average Bonchev–Trinajstić information content (AvgIpc) is 2.61. The van der Waals surface area contributed by atoms with Gasteiger partial charge in [-0.2, -0.15) is 5.26 Å². The first-order valence-corrected chi connectivity index (χ1v) is 8.65. The number of nitrogens with two attached hydrogens (primary N) is 2. The number of nitriles is 1. The van der Waals surface area contributed by atoms with E-state index >= 15 is 0 Å². The second-order valence-electron chi connectivity index (χ2n) is 5.92. The normalized spacial score (nSPS) is 10.4. The number of nitrogens with zero attached hydrogens (tertiary/aromatic N) is 5. The minimum absolute atomic E-state index is 0.0487. The summed E-state index contributed by atoms with van der Waals surface area (Å²) in [6.45, 7) is 5.95. The molecule has 0 atom stereocenters. The first kappa shape index (κ1) is 20.1. The van der Waals surface area contributed by atoms with Gasteiger partial charge in [0.15, 0.2) is 0 Å². The molecule has 9 heteroatoms. The number of fused-ring (bicyclic) bond motifs is 1. The Bertz CT molecular complexity index is 1050. The van der Waals surface area contributed by atoms with Crippen LogP contribution in [0.1, 0.15) is 38.2 Å². The first-order valence-electron chi connectivity index (χ1n) is 8.27. The maximum Gasteiger partial charge on any atom is 0.263 e. The highest BCUT2D eigenvalue weighted by molar-refractivity contribution is 6.35. The number of anilines is 2. The Hall–Kier alpha value is -3.18. The van der Waals surface area contributed by atoms with E-state index in [4.69, 9.17) is 28.3 Å². The number of hydrogen-bond acceptors (Lipinski definition) is 7. The maximum atomic E-state index is 12.4. The van der Waals surface area contributed by atoms with Crippen LogP contribution < -0.4 is 17.0 Å². The summed E-state index contributed by atoms with van der Waals surface area (Å²) >= 11 is 6.08. The third kappa shape index (κ3) is 4.15. The molecule has 3 rings (SSSR count). The summed E-state index contributed by atoms with van der Waals surface area (Å²) in [5.41, 5.74) is 11.3. The Labute approximate surface area is 161 Å². The van der Waals surface area contributed by atoms with Gasteiger partial charge in [0.1, 0.15) is 35.4 Å². The quantitative estimate of drug-likeness (QED) is 0.691. The average molecular weight is 386 g/mol. The van der Waals surface area contributed by atoms with E-state index in [1.807, 2.05) is 32.9 Å². The van der Waals surface area contributed by atoms with Crippen LogP contribution in [0.3, 0.4) is 0 Å². The van der Waals surface area contributed by atoms with Crippen LogP contribution in [-0.2, 0) is 6.42 Å². The van der Waals surface area contributed by atoms with E-state index in [-0.39, 0.29) is 28.8 Å². The first-order chi connectivity index (χ1) is 12.8. The van der Waals surface area contributed by atoms with Crippen molar-refractivity contribution in [2.75, 3.05) is 11.5 Å². The van der Waals surface area contributed by atoms with Crippen LogP contribution in [0.2, 0.25) is 5.02 Å². The van der Waals surface area contributed by atoms with E-state index in [9.17, 15) is 4.79 Å². The van der Waals surface area contributed by atoms with Gasteiger partial charge < -0.3 is 11.5 Å². The molecular weight excluding hydrogens is 366 g/mol. The standard InChI is InChI=1S/C13H15ClN2O.C5H5N5/c1-4-11-15-10-7-5-6-9(14)12(10)13(17)16(11)8(2)3;6-1-3-4(7)9-2-10-5(3)8/h5-8H,4H2,1-3H3;2H,(H4,7,8,9,10). The Kier molecular flexibility index (Phi) is 6.32. The molecule has 0 aliphatic heterocycles. The van der Waals surface area contributed by atoms with Crippen molar-refractivity contribution in [3.8, 4) is 6.07 Å². The van der Waals surface area contributed by atoms with Gasteiger partial charge in [-0.15, -0.1) is 0 Å². The summed E-state index contributed by atoms with van der Waals surface area (Å²) in [4.78, 5) is 24.1. The molecule has 0 aliphatic rings. The van der Waals surface area contributed by atoms with E-state index in [0.717, 1.165) is 12.2 Å². The SMILES string of the molecule is CCc1nc2cccc(Cl)c2c(=O)n1C(C)C.N#Cc1c(N)ncnc1N. The van der Waals surface area contributed by atoms with Gasteiger partial charge in [-0.25, -0.2) is 15.0 Å². The second kappa shape index (κ2) is 8.47. The minimum atomic E-state index is -0.0487. The van der Waals surface area contributed by atoms with Crippen molar-refractivity contribution in [2.45, 2.75) is 33.2 Å². The predicted molar refractivity (Wildman–Crippen MR) is 106 cm³/mol. The van der Waals surface area contributed by atoms with Crippen LogP contribution in [-0.4, -0.2) is 19.5 Å². The predicted octanol–water partition coefficient (Wildman–Crippen LogP) is 2.71. The maximum absolute atomic E-state index is 12.4. The van der Waals surface area contributed by atoms with E-state index in [1.165, 1.54) is 6.33 Å². The lowest BCUT2D eigenvalue weighted by Crippen LogP contribution is -2.26. The third-order valence-corrected chi connectivity index (χ3v) is 4.12. The molecule has 0 aliphatic carbocycles. The van der Waals surface area contributed by atoms with E-state index < -0.39 is 0 Å². The van der Waals surface area contributed by atoms with Crippen molar-refractivity contribution in [1.82, 2.24) is 19.5 Å². The van der Waals surface area contributed by atoms with Crippen LogP contribution in [0.4, 0.5) is 11.6 Å². The minimum Gasteiger partial charge on any atom is -0.382 e. The molecule has 0 radical (unpaired) electrons. The highest BCUT2D eigenvalue weighted by atomic mass is 35.5. The molecule has 140 valence electrons. The van der Waals surface area contributed by atoms with Gasteiger partial charge in [-0.05, 0) is 26.0 Å². The van der Waals surface area contributed by atoms with Gasteiger partial charge in [0.2, 0.25) is 0 Å². The molecule has 2 heterocycles. The summed E-state index contributed by atoms with van der Waals surface area (Å²) in [5, 5.41) is 9.39. The Morgan fingerprint density at radius 3 is 2.37 bits per heavy atom. The Morgan fingerprint density at radius 2 is 1.89 bits per heavy atom. The number of rotatable bonds is 2. The van der Waals surface area contributed by atoms with Crippen molar-refractivity contribution in [1.29, 1.82) is 5.26 Å². The molecular formula is C18H20ClN7O. The van der Waals surface area contributed by atoms with Gasteiger partial charge in [0, 0.05) is 12.5 Å². The van der Waals surface area contributed by atoms with Crippen LogP contribution in [0, 0.1) is 11.3 Å². The van der Waals surface area contributed by atoms with Gasteiger partial charge in [-0.3, -0.25) is 9.36 Å². The fourth-order valence-electron chi connectivity index (χ4n) is 2.56. The van der Waals surface area contributed by atoms with Crippen molar-refractivity contribution in [3.63, 3.8) is 0 Å². The van der Waals surface area contributed by atoms with Crippen molar-refractivity contribution in [3.05, 3.63) is 51.3 Å². The highest BCUT2D eigenvalue weighted by Crippen LogP contribution is 2.20. The zero-order valence-corrected chi connectivity index (χ0v) is 16.0. The molecule has 0 fully saturated rings. The zero-order valence-electron chi connectivity index (χ0n) is 15.3. The largest absolute Gasteiger partial charge is 0.382 e. The third-order valence-electron chi connectivity index (χ3n) is 3.80. The summed E-state index contributed by atoms with van der Waals surface area (Å²) in [5.74, 6) is 1.05. The van der Waals surface area contributed by atoms with Crippen molar-refractivity contribution < 1.29 is 0 Å². The molecule has 2 aromatic heterocycles. The molecule has 3 aromatic rings. The van der Waals surface area contributed by atoms with E-state index in [1.54, 1.807) is 16.7 Å². The molecule has 0 bridgehead atoms. The summed E-state index contributed by atoms with van der Waals surface area (Å²) in [6.07, 6.45) is 1.95. The monoisotopic (exact) mass is 385 g/mol. The molecule has 0 saturated carbocycles. The molecule has 0 amide bonds. The lowest BCUT2D eigenvalue weighted by atomic mass is 10.2. The lowest BCUT2D eigenvalue weighted by molar-refractivity contribution is 0.543. The number of nitrogen functional groups attached to an aromatic ring is 2. The van der Waals surface area contributed by atoms with E-state index in [0.29, 0.717) is 15.9 Å². The molecule has 0 spiro atoms. The van der Waals surface area contributed by atoms with Crippen LogP contribution in [0.15, 0.2) is 29.3 Å². The lowest BCUT2D eigenvalue weighted by Gasteiger charge is -2.15. The fourth-order valence-corrected chi connectivity index (χ4v) is 2.81. The van der Waals surface area contributed by atoms with Crippen molar-refractivity contribution >= 4 is 34.1 Å². The molecule has 8 nitrogen and oxygen atoms in total. The van der Waals surface area contributed by atoms with Gasteiger partial charge >= 0.3 is 0 Å². The summed E-state index contributed by atoms with van der Waals surface area (Å²) < 4.78 is 1.72. The number of aryl methyl sites for hydroxylation is 1. The van der Waals surface area contributed by atoms with Crippen molar-refractivity contribution in [2.24, 2.45) is 0 Å². The van der Waals surface area contributed by atoms with Gasteiger partial charge in [0.05, 0.1) is 15.9 Å². The Morgan fingerprint density at radius 1 is 1.26 bits per heavy atom. The topological polar surface area (TPSA) is 136 Å². The van der Waals surface area contributed by atoms with Gasteiger partial charge in [0.25, 0.3) is 5.56 Å². The van der Waals surface area contributed by atoms with Crippen LogP contribution in [0.5, 0.6) is 0 Å². The van der Waals surface area contributed by atoms with Crippen LogP contribution in [0.25, 0.3) is 10.9 Å². The highest BCUT2D eigenvalue weighted by Gasteiger charge is 2.13. The Balaban J connectivity index is 0.000000223. The molecule has 0 saturated heterocycles. The number of benzene rings is 1. The summed E-state index contributed by atoms with van der Waals surface area (Å²) in [6, 6.07) is 7.24. The molecule has 1 aromatic carbocycles. The molecule has 4 N–H and O–H groups in total. The number of hydrogen-bond donors (Lipinski definition) is 2.